The molecule has 126 valence electrons. The molecule has 0 heterocycles. The van der Waals surface area contributed by atoms with E-state index in [9.17, 15) is 20.1 Å². The van der Waals surface area contributed by atoms with Crippen LogP contribution in [0.4, 0.5) is 0 Å². The van der Waals surface area contributed by atoms with Gasteiger partial charge in [-0.25, -0.2) is 0 Å². The Kier molecular flexibility index (Phi) is 5.80. The molecule has 0 spiro atoms. The summed E-state index contributed by atoms with van der Waals surface area (Å²) in [6.07, 6.45) is 3.33. The first-order valence-corrected chi connectivity index (χ1v) is 7.96. The summed E-state index contributed by atoms with van der Waals surface area (Å²) in [5.41, 5.74) is 2.14. The number of rotatable bonds is 7. The summed E-state index contributed by atoms with van der Waals surface area (Å²) in [6.45, 7) is 2.11. The lowest BCUT2D eigenvalue weighted by atomic mass is 9.77. The van der Waals surface area contributed by atoms with Gasteiger partial charge >= 0.3 is 5.97 Å². The van der Waals surface area contributed by atoms with E-state index in [4.69, 9.17) is 5.11 Å². The van der Waals surface area contributed by atoms with Gasteiger partial charge in [-0.05, 0) is 54.4 Å². The van der Waals surface area contributed by atoms with Gasteiger partial charge in [0.2, 0.25) is 0 Å². The largest absolute Gasteiger partial charge is 0.508 e. The minimum absolute atomic E-state index is 0.0751. The quantitative estimate of drug-likeness (QED) is 0.619. The Bertz CT molecular complexity index is 581. The van der Waals surface area contributed by atoms with Crippen LogP contribution in [0.3, 0.4) is 0 Å². The summed E-state index contributed by atoms with van der Waals surface area (Å²) in [5, 5.41) is 37.8. The van der Waals surface area contributed by atoms with Crippen molar-refractivity contribution >= 4 is 12.0 Å². The maximum absolute atomic E-state index is 10.5. The lowest BCUT2D eigenvalue weighted by Crippen LogP contribution is -2.22. The Morgan fingerprint density at radius 3 is 2.70 bits per heavy atom. The lowest BCUT2D eigenvalue weighted by Gasteiger charge is -2.28. The molecular weight excluding hydrogens is 296 g/mol. The third-order valence-electron chi connectivity index (χ3n) is 4.45. The summed E-state index contributed by atoms with van der Waals surface area (Å²) in [5.74, 6) is -0.270. The molecule has 4 atom stereocenters. The standard InChI is InChI=1S/C18H24O5/c1-11-2-3-12-8-13(19)5-7-17(12)16(11)6-4-14(20)9-15(21)10-18(22)23/h2-3,5,7-8,11,14-16,19-21H,4,6,9-10H2,1H3,(H,22,23)/t11-,14+,15+,16-/m0/s1. The van der Waals surface area contributed by atoms with E-state index >= 15 is 0 Å². The molecule has 2 rings (SSSR count). The zero-order valence-corrected chi connectivity index (χ0v) is 13.2. The molecule has 23 heavy (non-hydrogen) atoms. The van der Waals surface area contributed by atoms with Gasteiger partial charge in [-0.3, -0.25) is 4.79 Å². The number of aliphatic hydroxyl groups excluding tert-OH is 2. The first kappa shape index (κ1) is 17.5. The van der Waals surface area contributed by atoms with Gasteiger partial charge in [0.25, 0.3) is 0 Å². The third-order valence-corrected chi connectivity index (χ3v) is 4.45. The summed E-state index contributed by atoms with van der Waals surface area (Å²) >= 11 is 0. The summed E-state index contributed by atoms with van der Waals surface area (Å²) in [6, 6.07) is 5.32. The fraction of sp³-hybridized carbons (Fsp3) is 0.500. The number of aliphatic carboxylic acids is 1. The number of hydrogen-bond acceptors (Lipinski definition) is 4. The molecule has 0 aliphatic heterocycles. The highest BCUT2D eigenvalue weighted by Crippen LogP contribution is 2.38. The number of phenolic OH excluding ortho intramolecular Hbond substituents is 1. The molecule has 0 saturated heterocycles. The van der Waals surface area contributed by atoms with Gasteiger partial charge in [-0.2, -0.15) is 0 Å². The molecule has 0 saturated carbocycles. The van der Waals surface area contributed by atoms with Crippen LogP contribution in [0, 0.1) is 5.92 Å². The Labute approximate surface area is 135 Å². The van der Waals surface area contributed by atoms with E-state index < -0.39 is 18.2 Å². The van der Waals surface area contributed by atoms with Crippen molar-refractivity contribution in [2.24, 2.45) is 5.92 Å². The molecule has 0 amide bonds. The van der Waals surface area contributed by atoms with Gasteiger partial charge in [0.05, 0.1) is 18.6 Å². The molecular formula is C18H24O5. The van der Waals surface area contributed by atoms with Crippen LogP contribution in [0.2, 0.25) is 0 Å². The molecule has 0 bridgehead atoms. The van der Waals surface area contributed by atoms with E-state index in [-0.39, 0.29) is 24.5 Å². The van der Waals surface area contributed by atoms with Gasteiger partial charge in [0, 0.05) is 0 Å². The Hall–Kier alpha value is -1.85. The number of hydrogen-bond donors (Lipinski definition) is 4. The predicted molar refractivity (Wildman–Crippen MR) is 87.2 cm³/mol. The van der Waals surface area contributed by atoms with Crippen LogP contribution in [0.15, 0.2) is 24.3 Å². The number of carboxylic acids is 1. The molecule has 4 N–H and O–H groups in total. The van der Waals surface area contributed by atoms with Gasteiger partial charge in [-0.15, -0.1) is 0 Å². The Morgan fingerprint density at radius 1 is 1.26 bits per heavy atom. The molecule has 1 aliphatic rings. The molecule has 1 aromatic carbocycles. The van der Waals surface area contributed by atoms with E-state index in [0.717, 1.165) is 17.5 Å². The minimum atomic E-state index is -1.07. The van der Waals surface area contributed by atoms with Gasteiger partial charge in [-0.1, -0.05) is 25.1 Å². The number of aliphatic hydroxyl groups is 2. The fourth-order valence-corrected chi connectivity index (χ4v) is 3.22. The van der Waals surface area contributed by atoms with E-state index in [2.05, 4.69) is 13.0 Å². The van der Waals surface area contributed by atoms with E-state index in [1.54, 1.807) is 12.1 Å². The summed E-state index contributed by atoms with van der Waals surface area (Å²) in [7, 11) is 0. The number of benzene rings is 1. The maximum Gasteiger partial charge on any atom is 0.305 e. The molecule has 0 unspecified atom stereocenters. The number of phenols is 1. The Balaban J connectivity index is 1.95. The second kappa shape index (κ2) is 7.62. The van der Waals surface area contributed by atoms with Crippen LogP contribution in [0.5, 0.6) is 5.75 Å². The van der Waals surface area contributed by atoms with E-state index in [0.29, 0.717) is 12.3 Å². The van der Waals surface area contributed by atoms with E-state index in [1.165, 1.54) is 0 Å². The first-order chi connectivity index (χ1) is 10.9. The summed E-state index contributed by atoms with van der Waals surface area (Å²) in [4.78, 5) is 10.5. The fourth-order valence-electron chi connectivity index (χ4n) is 3.22. The van der Waals surface area contributed by atoms with Crippen LogP contribution >= 0.6 is 0 Å². The number of carbonyl (C=O) groups is 1. The zero-order valence-electron chi connectivity index (χ0n) is 13.2. The normalized spacial score (nSPS) is 22.4. The van der Waals surface area contributed by atoms with Gasteiger partial charge < -0.3 is 20.4 Å². The summed E-state index contributed by atoms with van der Waals surface area (Å²) < 4.78 is 0. The zero-order chi connectivity index (χ0) is 17.0. The monoisotopic (exact) mass is 320 g/mol. The first-order valence-electron chi connectivity index (χ1n) is 7.96. The molecule has 0 fully saturated rings. The van der Waals surface area contributed by atoms with Crippen LogP contribution in [-0.2, 0) is 4.79 Å². The van der Waals surface area contributed by atoms with Crippen LogP contribution in [-0.4, -0.2) is 38.6 Å². The predicted octanol–water partition coefficient (Wildman–Crippen LogP) is 2.51. The maximum atomic E-state index is 10.5. The van der Waals surface area contributed by atoms with Crippen molar-refractivity contribution in [3.8, 4) is 5.75 Å². The molecule has 5 nitrogen and oxygen atoms in total. The van der Waals surface area contributed by atoms with Crippen LogP contribution < -0.4 is 0 Å². The molecule has 0 radical (unpaired) electrons. The molecule has 0 aromatic heterocycles. The van der Waals surface area contributed by atoms with Gasteiger partial charge in [0.15, 0.2) is 0 Å². The lowest BCUT2D eigenvalue weighted by molar-refractivity contribution is -0.139. The van der Waals surface area contributed by atoms with Crippen molar-refractivity contribution in [2.75, 3.05) is 0 Å². The SMILES string of the molecule is C[C@H]1C=Cc2cc(O)ccc2[C@H]1CC[C@@H](O)C[C@@H](O)CC(=O)O. The van der Waals surface area contributed by atoms with Crippen molar-refractivity contribution in [3.63, 3.8) is 0 Å². The van der Waals surface area contributed by atoms with Gasteiger partial charge in [0.1, 0.15) is 5.75 Å². The van der Waals surface area contributed by atoms with Crippen molar-refractivity contribution in [1.82, 2.24) is 0 Å². The van der Waals surface area contributed by atoms with E-state index in [1.807, 2.05) is 12.1 Å². The topological polar surface area (TPSA) is 98.0 Å². The third kappa shape index (κ3) is 4.81. The van der Waals surface area contributed by atoms with Crippen molar-refractivity contribution in [3.05, 3.63) is 35.4 Å². The van der Waals surface area contributed by atoms with Crippen molar-refractivity contribution in [2.45, 2.75) is 50.7 Å². The number of carboxylic acid groups (broad SMARTS) is 1. The highest BCUT2D eigenvalue weighted by molar-refractivity contribution is 5.67. The smallest absolute Gasteiger partial charge is 0.305 e. The molecule has 5 heteroatoms. The van der Waals surface area contributed by atoms with Crippen LogP contribution in [0.1, 0.15) is 49.7 Å². The second-order valence-corrected chi connectivity index (χ2v) is 6.36. The highest BCUT2D eigenvalue weighted by Gasteiger charge is 2.25. The van der Waals surface area contributed by atoms with Crippen molar-refractivity contribution in [1.29, 1.82) is 0 Å². The highest BCUT2D eigenvalue weighted by atomic mass is 16.4. The second-order valence-electron chi connectivity index (χ2n) is 6.36. The number of aromatic hydroxyl groups is 1. The average molecular weight is 320 g/mol. The molecule has 1 aliphatic carbocycles. The minimum Gasteiger partial charge on any atom is -0.508 e. The van der Waals surface area contributed by atoms with Crippen molar-refractivity contribution < 1.29 is 25.2 Å². The Morgan fingerprint density at radius 2 is 2.00 bits per heavy atom. The number of fused-ring (bicyclic) bond motifs is 1. The average Bonchev–Trinajstić information content (AvgIpc) is 2.45. The van der Waals surface area contributed by atoms with Crippen LogP contribution in [0.25, 0.3) is 6.08 Å². The number of allylic oxidation sites excluding steroid dienone is 1. The molecule has 1 aromatic rings.